The van der Waals surface area contributed by atoms with Crippen molar-refractivity contribution < 1.29 is 0 Å². The molecule has 0 radical (unpaired) electrons. The van der Waals surface area contributed by atoms with Gasteiger partial charge in [0, 0.05) is 23.9 Å². The summed E-state index contributed by atoms with van der Waals surface area (Å²) in [4.78, 5) is 9.48. The van der Waals surface area contributed by atoms with Crippen LogP contribution in [0.25, 0.3) is 11.4 Å². The van der Waals surface area contributed by atoms with Crippen LogP contribution in [0.4, 0.5) is 5.82 Å². The molecule has 0 atom stereocenters. The maximum atomic E-state index is 4.77. The summed E-state index contributed by atoms with van der Waals surface area (Å²) in [6.45, 7) is 9.60. The van der Waals surface area contributed by atoms with Crippen LogP contribution in [0, 0.1) is 0 Å². The maximum Gasteiger partial charge on any atom is 0.162 e. The van der Waals surface area contributed by atoms with Gasteiger partial charge in [-0.05, 0) is 24.3 Å². The number of nitrogens with one attached hydrogen (secondary N) is 1. The molecule has 0 fully saturated rings. The van der Waals surface area contributed by atoms with Crippen molar-refractivity contribution in [1.82, 2.24) is 9.97 Å². The van der Waals surface area contributed by atoms with E-state index >= 15 is 0 Å². The number of hydrogen-bond donors (Lipinski definition) is 1. The van der Waals surface area contributed by atoms with E-state index in [-0.39, 0.29) is 0 Å². The zero-order valence-corrected chi connectivity index (χ0v) is 13.5. The van der Waals surface area contributed by atoms with Gasteiger partial charge >= 0.3 is 0 Å². The van der Waals surface area contributed by atoms with Gasteiger partial charge in [-0.15, -0.1) is 0 Å². The molecule has 21 heavy (non-hydrogen) atoms. The molecular formula is C18H25N3. The first kappa shape index (κ1) is 15.5. The summed E-state index contributed by atoms with van der Waals surface area (Å²) >= 11 is 0. The van der Waals surface area contributed by atoms with Crippen molar-refractivity contribution >= 4 is 5.82 Å². The summed E-state index contributed by atoms with van der Waals surface area (Å²) in [6.07, 6.45) is 2.07. The van der Waals surface area contributed by atoms with Crippen molar-refractivity contribution in [3.63, 3.8) is 0 Å². The fourth-order valence-corrected chi connectivity index (χ4v) is 2.27. The zero-order valence-electron chi connectivity index (χ0n) is 13.5. The lowest BCUT2D eigenvalue weighted by molar-refractivity contribution is 0.815. The molecule has 0 unspecified atom stereocenters. The molecule has 3 nitrogen and oxygen atoms in total. The Kier molecular flexibility index (Phi) is 5.32. The smallest absolute Gasteiger partial charge is 0.162 e. The molecule has 0 aliphatic rings. The van der Waals surface area contributed by atoms with Crippen molar-refractivity contribution in [2.75, 3.05) is 11.9 Å². The van der Waals surface area contributed by atoms with Crippen LogP contribution in [0.2, 0.25) is 0 Å². The largest absolute Gasteiger partial charge is 0.370 e. The molecule has 0 saturated heterocycles. The normalized spacial score (nSPS) is 10.9. The Hall–Kier alpha value is -1.90. The van der Waals surface area contributed by atoms with Crippen molar-refractivity contribution in [3.8, 4) is 11.4 Å². The van der Waals surface area contributed by atoms with Gasteiger partial charge in [0.1, 0.15) is 5.82 Å². The molecule has 1 aromatic carbocycles. The van der Waals surface area contributed by atoms with E-state index in [0.717, 1.165) is 42.3 Å². The van der Waals surface area contributed by atoms with Gasteiger partial charge in [-0.1, -0.05) is 52.0 Å². The van der Waals surface area contributed by atoms with E-state index in [0.29, 0.717) is 5.92 Å². The monoisotopic (exact) mass is 283 g/mol. The molecule has 1 N–H and O–H groups in total. The quantitative estimate of drug-likeness (QED) is 0.838. The third kappa shape index (κ3) is 3.81. The summed E-state index contributed by atoms with van der Waals surface area (Å²) in [5.74, 6) is 2.15. The van der Waals surface area contributed by atoms with E-state index in [1.807, 2.05) is 0 Å². The summed E-state index contributed by atoms with van der Waals surface area (Å²) < 4.78 is 0. The maximum absolute atomic E-state index is 4.77. The van der Waals surface area contributed by atoms with Gasteiger partial charge in [0.2, 0.25) is 0 Å². The molecule has 0 bridgehead atoms. The highest BCUT2D eigenvalue weighted by molar-refractivity contribution is 5.62. The van der Waals surface area contributed by atoms with Gasteiger partial charge < -0.3 is 5.32 Å². The summed E-state index contributed by atoms with van der Waals surface area (Å²) in [6, 6.07) is 10.5. The van der Waals surface area contributed by atoms with Gasteiger partial charge in [-0.25, -0.2) is 9.97 Å². The SMILES string of the molecule is CCCNc1cc(C(C)C)nc(-c2ccccc2CC)n1. The number of hydrogen-bond acceptors (Lipinski definition) is 3. The highest BCUT2D eigenvalue weighted by Crippen LogP contribution is 2.25. The molecule has 0 saturated carbocycles. The first-order valence-electron chi connectivity index (χ1n) is 7.86. The van der Waals surface area contributed by atoms with E-state index in [4.69, 9.17) is 9.97 Å². The Balaban J connectivity index is 2.48. The second kappa shape index (κ2) is 7.21. The number of rotatable bonds is 6. The molecule has 1 aromatic heterocycles. The third-order valence-corrected chi connectivity index (χ3v) is 3.53. The minimum absolute atomic E-state index is 0.391. The topological polar surface area (TPSA) is 37.8 Å². The van der Waals surface area contributed by atoms with Gasteiger partial charge in [0.05, 0.1) is 0 Å². The lowest BCUT2D eigenvalue weighted by Crippen LogP contribution is -2.07. The second-order valence-electron chi connectivity index (χ2n) is 5.59. The summed E-state index contributed by atoms with van der Waals surface area (Å²) in [5, 5.41) is 3.39. The fourth-order valence-electron chi connectivity index (χ4n) is 2.27. The van der Waals surface area contributed by atoms with Gasteiger partial charge in [-0.3, -0.25) is 0 Å². The Bertz CT molecular complexity index is 591. The van der Waals surface area contributed by atoms with E-state index in [1.54, 1.807) is 0 Å². The predicted molar refractivity (Wildman–Crippen MR) is 89.7 cm³/mol. The number of anilines is 1. The molecule has 2 aromatic rings. The first-order valence-corrected chi connectivity index (χ1v) is 7.86. The van der Waals surface area contributed by atoms with E-state index in [2.05, 4.69) is 63.3 Å². The molecule has 112 valence electrons. The average Bonchev–Trinajstić information content (AvgIpc) is 2.52. The van der Waals surface area contributed by atoms with Crippen LogP contribution in [-0.4, -0.2) is 16.5 Å². The van der Waals surface area contributed by atoms with E-state index < -0.39 is 0 Å². The van der Waals surface area contributed by atoms with Crippen molar-refractivity contribution in [1.29, 1.82) is 0 Å². The predicted octanol–water partition coefficient (Wildman–Crippen LogP) is 4.65. The van der Waals surface area contributed by atoms with Gasteiger partial charge in [0.25, 0.3) is 0 Å². The summed E-state index contributed by atoms with van der Waals surface area (Å²) in [5.41, 5.74) is 3.52. The number of nitrogens with zero attached hydrogens (tertiary/aromatic N) is 2. The minimum Gasteiger partial charge on any atom is -0.370 e. The van der Waals surface area contributed by atoms with Crippen LogP contribution in [0.3, 0.4) is 0 Å². The lowest BCUT2D eigenvalue weighted by Gasteiger charge is -2.13. The van der Waals surface area contributed by atoms with Crippen LogP contribution >= 0.6 is 0 Å². The molecule has 0 amide bonds. The number of aryl methyl sites for hydroxylation is 1. The van der Waals surface area contributed by atoms with Crippen LogP contribution < -0.4 is 5.32 Å². The molecular weight excluding hydrogens is 258 g/mol. The molecule has 3 heteroatoms. The van der Waals surface area contributed by atoms with Crippen LogP contribution in [0.5, 0.6) is 0 Å². The fraction of sp³-hybridized carbons (Fsp3) is 0.444. The Morgan fingerprint density at radius 3 is 2.52 bits per heavy atom. The van der Waals surface area contributed by atoms with E-state index in [1.165, 1.54) is 5.56 Å². The highest BCUT2D eigenvalue weighted by Gasteiger charge is 2.11. The Morgan fingerprint density at radius 2 is 1.86 bits per heavy atom. The van der Waals surface area contributed by atoms with Gasteiger partial charge in [0.15, 0.2) is 5.82 Å². The zero-order chi connectivity index (χ0) is 15.2. The standard InChI is InChI=1S/C18H25N3/c1-5-11-19-17-12-16(13(3)4)20-18(21-17)15-10-8-7-9-14(15)6-2/h7-10,12-13H,5-6,11H2,1-4H3,(H,19,20,21). The highest BCUT2D eigenvalue weighted by atomic mass is 15.0. The van der Waals surface area contributed by atoms with Crippen LogP contribution in [-0.2, 0) is 6.42 Å². The molecule has 0 aliphatic heterocycles. The molecule has 0 aliphatic carbocycles. The Morgan fingerprint density at radius 1 is 1.10 bits per heavy atom. The molecule has 0 spiro atoms. The number of aromatic nitrogens is 2. The molecule has 2 rings (SSSR count). The first-order chi connectivity index (χ1) is 10.2. The van der Waals surface area contributed by atoms with Crippen molar-refractivity contribution in [2.24, 2.45) is 0 Å². The van der Waals surface area contributed by atoms with Crippen LogP contribution in [0.1, 0.15) is 51.3 Å². The lowest BCUT2D eigenvalue weighted by atomic mass is 10.0. The summed E-state index contributed by atoms with van der Waals surface area (Å²) in [7, 11) is 0. The van der Waals surface area contributed by atoms with Crippen molar-refractivity contribution in [3.05, 3.63) is 41.6 Å². The molecule has 1 heterocycles. The number of benzene rings is 1. The van der Waals surface area contributed by atoms with Crippen LogP contribution in [0.15, 0.2) is 30.3 Å². The Labute approximate surface area is 127 Å². The van der Waals surface area contributed by atoms with E-state index in [9.17, 15) is 0 Å². The second-order valence-corrected chi connectivity index (χ2v) is 5.59. The third-order valence-electron chi connectivity index (χ3n) is 3.53. The minimum atomic E-state index is 0.391. The van der Waals surface area contributed by atoms with Gasteiger partial charge in [-0.2, -0.15) is 0 Å². The van der Waals surface area contributed by atoms with Crippen molar-refractivity contribution in [2.45, 2.75) is 46.5 Å². The average molecular weight is 283 g/mol.